The highest BCUT2D eigenvalue weighted by atomic mass is 15.1. The third-order valence-electron chi connectivity index (χ3n) is 4.73. The fourth-order valence-corrected chi connectivity index (χ4v) is 3.78. The van der Waals surface area contributed by atoms with Gasteiger partial charge in [0, 0.05) is 6.04 Å². The molecule has 0 aromatic rings. The number of nitrogens with two attached hydrogens (primary N) is 1. The number of nitrogens with zero attached hydrogens (tertiary/aromatic N) is 1. The molecule has 1 atom stereocenters. The molecule has 0 radical (unpaired) electrons. The molecule has 88 valence electrons. The molecule has 0 spiro atoms. The Labute approximate surface area is 94.2 Å². The quantitative estimate of drug-likeness (QED) is 0.758. The van der Waals surface area contributed by atoms with Crippen LogP contribution < -0.4 is 5.73 Å². The molecule has 0 amide bonds. The van der Waals surface area contributed by atoms with Gasteiger partial charge in [0.25, 0.3) is 0 Å². The van der Waals surface area contributed by atoms with Crippen molar-refractivity contribution in [2.45, 2.75) is 57.4 Å². The van der Waals surface area contributed by atoms with Crippen molar-refractivity contribution < 1.29 is 0 Å². The summed E-state index contributed by atoms with van der Waals surface area (Å²) >= 11 is 0. The van der Waals surface area contributed by atoms with E-state index in [9.17, 15) is 0 Å². The minimum absolute atomic E-state index is 0.466. The first-order valence-corrected chi connectivity index (χ1v) is 6.69. The van der Waals surface area contributed by atoms with Crippen molar-refractivity contribution in [3.05, 3.63) is 0 Å². The second-order valence-corrected chi connectivity index (χ2v) is 5.62. The average Bonchev–Trinajstić information content (AvgIpc) is 2.30. The van der Waals surface area contributed by atoms with Gasteiger partial charge in [-0.25, -0.2) is 0 Å². The van der Waals surface area contributed by atoms with E-state index in [0.717, 1.165) is 12.6 Å². The lowest BCUT2D eigenvalue weighted by molar-refractivity contribution is 0.0273. The highest BCUT2D eigenvalue weighted by Gasteiger charge is 2.41. The van der Waals surface area contributed by atoms with Crippen LogP contribution in [0.4, 0.5) is 0 Å². The predicted octanol–water partition coefficient (Wildman–Crippen LogP) is 2.38. The zero-order valence-corrected chi connectivity index (χ0v) is 10.2. The van der Waals surface area contributed by atoms with E-state index in [0.29, 0.717) is 5.41 Å². The number of likely N-dealkylation sites (tertiary alicyclic amines) is 1. The van der Waals surface area contributed by atoms with Crippen molar-refractivity contribution >= 4 is 0 Å². The first-order chi connectivity index (χ1) is 7.28. The van der Waals surface area contributed by atoms with Crippen molar-refractivity contribution in [1.29, 1.82) is 0 Å². The second kappa shape index (κ2) is 4.84. The molecule has 2 nitrogen and oxygen atoms in total. The lowest BCUT2D eigenvalue weighted by atomic mass is 9.66. The lowest BCUT2D eigenvalue weighted by Gasteiger charge is -2.49. The number of piperidine rings is 1. The highest BCUT2D eigenvalue weighted by Crippen LogP contribution is 2.43. The van der Waals surface area contributed by atoms with Gasteiger partial charge in [0.05, 0.1) is 0 Å². The van der Waals surface area contributed by atoms with E-state index in [1.54, 1.807) is 0 Å². The van der Waals surface area contributed by atoms with Crippen LogP contribution in [-0.2, 0) is 0 Å². The van der Waals surface area contributed by atoms with E-state index >= 15 is 0 Å². The molecule has 1 heterocycles. The first-order valence-electron chi connectivity index (χ1n) is 6.69. The van der Waals surface area contributed by atoms with E-state index in [1.165, 1.54) is 57.9 Å². The van der Waals surface area contributed by atoms with Gasteiger partial charge in [-0.3, -0.25) is 0 Å². The summed E-state index contributed by atoms with van der Waals surface area (Å²) in [6.07, 6.45) is 11.2. The summed E-state index contributed by atoms with van der Waals surface area (Å²) in [6.45, 7) is 2.19. The van der Waals surface area contributed by atoms with Gasteiger partial charge in [-0.2, -0.15) is 0 Å². The maximum atomic E-state index is 6.10. The SMILES string of the molecule is CN1CCCCC1C1(CN)CCCCC1. The smallest absolute Gasteiger partial charge is 0.0161 e. The van der Waals surface area contributed by atoms with E-state index in [4.69, 9.17) is 5.73 Å². The van der Waals surface area contributed by atoms with Crippen LogP contribution in [0, 0.1) is 5.41 Å². The van der Waals surface area contributed by atoms with Crippen LogP contribution >= 0.6 is 0 Å². The molecule has 0 bridgehead atoms. The molecular weight excluding hydrogens is 184 g/mol. The zero-order valence-electron chi connectivity index (χ0n) is 10.2. The molecule has 15 heavy (non-hydrogen) atoms. The molecule has 1 saturated carbocycles. The van der Waals surface area contributed by atoms with Gasteiger partial charge in [0.2, 0.25) is 0 Å². The third-order valence-corrected chi connectivity index (χ3v) is 4.73. The molecule has 2 aliphatic rings. The fourth-order valence-electron chi connectivity index (χ4n) is 3.78. The molecule has 1 aliphatic heterocycles. The van der Waals surface area contributed by atoms with Crippen LogP contribution in [0.25, 0.3) is 0 Å². The maximum Gasteiger partial charge on any atom is 0.0161 e. The zero-order chi connectivity index (χ0) is 10.7. The van der Waals surface area contributed by atoms with Crippen molar-refractivity contribution in [1.82, 2.24) is 4.90 Å². The highest BCUT2D eigenvalue weighted by molar-refractivity contribution is 4.95. The molecule has 1 unspecified atom stereocenters. The van der Waals surface area contributed by atoms with Crippen LogP contribution in [0.15, 0.2) is 0 Å². The Hall–Kier alpha value is -0.0800. The number of hydrogen-bond acceptors (Lipinski definition) is 2. The number of rotatable bonds is 2. The molecule has 2 fully saturated rings. The van der Waals surface area contributed by atoms with Gasteiger partial charge >= 0.3 is 0 Å². The Bertz CT molecular complexity index is 197. The molecule has 0 aromatic heterocycles. The molecule has 2 rings (SSSR count). The summed E-state index contributed by atoms with van der Waals surface area (Å²) in [4.78, 5) is 2.58. The molecule has 2 N–H and O–H groups in total. The topological polar surface area (TPSA) is 29.3 Å². The standard InChI is InChI=1S/C13H26N2/c1-15-10-6-3-7-12(15)13(11-14)8-4-2-5-9-13/h12H,2-11,14H2,1H3. The van der Waals surface area contributed by atoms with Crippen molar-refractivity contribution in [2.75, 3.05) is 20.1 Å². The Morgan fingerprint density at radius 2 is 1.87 bits per heavy atom. The summed E-state index contributed by atoms with van der Waals surface area (Å²) in [5, 5.41) is 0. The predicted molar refractivity (Wildman–Crippen MR) is 64.8 cm³/mol. The van der Waals surface area contributed by atoms with Crippen LogP contribution in [0.5, 0.6) is 0 Å². The normalized spacial score (nSPS) is 32.8. The molecular formula is C13H26N2. The molecule has 2 heteroatoms. The molecule has 1 saturated heterocycles. The van der Waals surface area contributed by atoms with Gasteiger partial charge in [-0.1, -0.05) is 25.7 Å². The minimum Gasteiger partial charge on any atom is -0.330 e. The van der Waals surface area contributed by atoms with Crippen LogP contribution in [0.1, 0.15) is 51.4 Å². The summed E-state index contributed by atoms with van der Waals surface area (Å²) in [6, 6.07) is 0.775. The van der Waals surface area contributed by atoms with Gasteiger partial charge in [-0.15, -0.1) is 0 Å². The largest absolute Gasteiger partial charge is 0.330 e. The van der Waals surface area contributed by atoms with Crippen molar-refractivity contribution in [2.24, 2.45) is 11.1 Å². The van der Waals surface area contributed by atoms with Gasteiger partial charge in [0.15, 0.2) is 0 Å². The van der Waals surface area contributed by atoms with E-state index in [-0.39, 0.29) is 0 Å². The third kappa shape index (κ3) is 2.21. The van der Waals surface area contributed by atoms with E-state index < -0.39 is 0 Å². The van der Waals surface area contributed by atoms with Crippen LogP contribution in [-0.4, -0.2) is 31.1 Å². The minimum atomic E-state index is 0.466. The van der Waals surface area contributed by atoms with Gasteiger partial charge < -0.3 is 10.6 Å². The van der Waals surface area contributed by atoms with Crippen LogP contribution in [0.3, 0.4) is 0 Å². The van der Waals surface area contributed by atoms with Gasteiger partial charge in [0.1, 0.15) is 0 Å². The Morgan fingerprint density at radius 1 is 1.13 bits per heavy atom. The summed E-state index contributed by atoms with van der Waals surface area (Å²) < 4.78 is 0. The Balaban J connectivity index is 2.08. The Kier molecular flexibility index (Phi) is 3.68. The first kappa shape index (κ1) is 11.4. The fraction of sp³-hybridized carbons (Fsp3) is 1.00. The van der Waals surface area contributed by atoms with Crippen molar-refractivity contribution in [3.63, 3.8) is 0 Å². The molecule has 1 aliphatic carbocycles. The molecule has 0 aromatic carbocycles. The maximum absolute atomic E-state index is 6.10. The summed E-state index contributed by atoms with van der Waals surface area (Å²) in [7, 11) is 2.30. The average molecular weight is 210 g/mol. The van der Waals surface area contributed by atoms with E-state index in [1.807, 2.05) is 0 Å². The second-order valence-electron chi connectivity index (χ2n) is 5.62. The monoisotopic (exact) mass is 210 g/mol. The van der Waals surface area contributed by atoms with Crippen LogP contribution in [0.2, 0.25) is 0 Å². The van der Waals surface area contributed by atoms with E-state index in [2.05, 4.69) is 11.9 Å². The summed E-state index contributed by atoms with van der Waals surface area (Å²) in [5.41, 5.74) is 6.57. The van der Waals surface area contributed by atoms with Crippen molar-refractivity contribution in [3.8, 4) is 0 Å². The Morgan fingerprint density at radius 3 is 2.47 bits per heavy atom. The summed E-state index contributed by atoms with van der Waals surface area (Å²) in [5.74, 6) is 0. The number of hydrogen-bond donors (Lipinski definition) is 1. The van der Waals surface area contributed by atoms with Gasteiger partial charge in [-0.05, 0) is 51.2 Å². The lowest BCUT2D eigenvalue weighted by Crippen LogP contribution is -2.53.